The number of aliphatic hydroxyl groups excluding tert-OH is 13. The van der Waals surface area contributed by atoms with Crippen LogP contribution in [0.1, 0.15) is 0 Å². The molecule has 5 aliphatic heterocycles. The van der Waals surface area contributed by atoms with Crippen LogP contribution in [-0.2, 0) is 71.6 Å². The van der Waals surface area contributed by atoms with E-state index in [-0.39, 0.29) is 0 Å². The summed E-state index contributed by atoms with van der Waals surface area (Å²) in [5.74, 6) is -6.19. The standard InChI is InChI=1S/C30H46O32S/c31-1-3-5(33)6(34)12(40)27(54-3)58-18-19(22(62-63(50,51)52)30(61-21(18)25(47)48)55-15-4(2-32)53-26(49)11(39)9(15)37)59-29-14(42)10(38)16(20(60-29)24(45)46)56-28-13(41)7(35)8(36)17(57-28)23(43)44/h3-22,26-42,49H,1-2H2,(H,43,44)(H,45,46)(H,47,48)(H,50,51,52)/t3-,4-,5-,6+,7+,8+,9-,10-,11-,12-,13-,14-,15+,16+,17+,18-,19+,20+,21+,22-,26+,27+,28-,29-,30+/m1/s1. The molecule has 63 heavy (non-hydrogen) atoms. The molecule has 5 heterocycles. The molecule has 0 aromatic carbocycles. The Kier molecular flexibility index (Phi) is 16.7. The minimum Gasteiger partial charge on any atom is -0.479 e. The van der Waals surface area contributed by atoms with E-state index in [1.807, 2.05) is 0 Å². The molecule has 0 bridgehead atoms. The summed E-state index contributed by atoms with van der Waals surface area (Å²) in [6.07, 6.45) is -60.1. The van der Waals surface area contributed by atoms with Crippen LogP contribution >= 0.6 is 0 Å². The summed E-state index contributed by atoms with van der Waals surface area (Å²) in [5.41, 5.74) is 0. The second-order valence-corrected chi connectivity index (χ2v) is 15.6. The first kappa shape index (κ1) is 51.4. The molecule has 0 spiro atoms. The summed E-state index contributed by atoms with van der Waals surface area (Å²) < 4.78 is 87.0. The minimum absolute atomic E-state index is 1.10. The molecule has 0 unspecified atom stereocenters. The van der Waals surface area contributed by atoms with Gasteiger partial charge in [-0.15, -0.1) is 0 Å². The second kappa shape index (κ2) is 20.5. The molecule has 0 amide bonds. The van der Waals surface area contributed by atoms with Crippen molar-refractivity contribution >= 4 is 28.3 Å². The van der Waals surface area contributed by atoms with Crippen LogP contribution in [0.4, 0.5) is 0 Å². The van der Waals surface area contributed by atoms with Crippen molar-refractivity contribution in [2.45, 2.75) is 154 Å². The van der Waals surface area contributed by atoms with Crippen molar-refractivity contribution in [1.29, 1.82) is 0 Å². The van der Waals surface area contributed by atoms with E-state index in [9.17, 15) is 109 Å². The summed E-state index contributed by atoms with van der Waals surface area (Å²) in [7, 11) is -5.90. The Morgan fingerprint density at radius 2 is 0.825 bits per heavy atom. The lowest BCUT2D eigenvalue weighted by Crippen LogP contribution is -2.70. The van der Waals surface area contributed by atoms with Gasteiger partial charge in [-0.25, -0.2) is 18.6 Å². The topological polar surface area (TPSA) is 522 Å². The van der Waals surface area contributed by atoms with Crippen molar-refractivity contribution in [2.24, 2.45) is 0 Å². The number of carbonyl (C=O) groups is 3. The van der Waals surface area contributed by atoms with Crippen LogP contribution in [0.25, 0.3) is 0 Å². The van der Waals surface area contributed by atoms with Gasteiger partial charge in [-0.05, 0) is 0 Å². The van der Waals surface area contributed by atoms with E-state index in [0.29, 0.717) is 0 Å². The Labute approximate surface area is 350 Å². The maximum atomic E-state index is 12.8. The predicted octanol–water partition coefficient (Wildman–Crippen LogP) is -11.8. The van der Waals surface area contributed by atoms with E-state index in [4.69, 9.17) is 42.6 Å². The SMILES string of the molecule is O=C(O)[C@H]1O[C@@H](O[C@H]2[C@H](O)[C@@H](O)[C@H](O[C@H]3[C@@H](O[C@@H]4O[C@H](CO)[C@@H](O)[C@H](O)[C@H]4O)[C@@H](C(=O)O)O[C@H](O[C@@H]4[C@H](O)[C@@H](O)[C@@H](O)O[C@@H]4CO)[C@@H]3OS(=O)(=O)O)O[C@@H]2C(=O)O)[C@H](O)[C@@H](O)[C@@H]1O. The first-order valence-electron chi connectivity index (χ1n) is 18.3. The zero-order chi connectivity index (χ0) is 47.2. The van der Waals surface area contributed by atoms with Gasteiger partial charge in [0.25, 0.3) is 0 Å². The van der Waals surface area contributed by atoms with E-state index >= 15 is 0 Å². The van der Waals surface area contributed by atoms with Gasteiger partial charge in [0.05, 0.1) is 13.2 Å². The fourth-order valence-corrected chi connectivity index (χ4v) is 7.65. The lowest BCUT2D eigenvalue weighted by molar-refractivity contribution is -0.395. The van der Waals surface area contributed by atoms with Crippen molar-refractivity contribution in [1.82, 2.24) is 0 Å². The van der Waals surface area contributed by atoms with Gasteiger partial charge in [-0.2, -0.15) is 8.42 Å². The van der Waals surface area contributed by atoms with Gasteiger partial charge in [0.2, 0.25) is 0 Å². The lowest BCUT2D eigenvalue weighted by atomic mass is 9.94. The molecule has 5 fully saturated rings. The first-order valence-corrected chi connectivity index (χ1v) is 19.6. The Morgan fingerprint density at radius 1 is 0.413 bits per heavy atom. The highest BCUT2D eigenvalue weighted by Gasteiger charge is 2.61. The molecule has 0 aromatic rings. The fraction of sp³-hybridized carbons (Fsp3) is 0.900. The van der Waals surface area contributed by atoms with Gasteiger partial charge in [0.15, 0.2) is 55.9 Å². The van der Waals surface area contributed by atoms with Crippen molar-refractivity contribution in [3.63, 3.8) is 0 Å². The molecule has 0 aromatic heterocycles. The van der Waals surface area contributed by atoms with Gasteiger partial charge in [-0.1, -0.05) is 0 Å². The van der Waals surface area contributed by atoms with Crippen LogP contribution in [0.15, 0.2) is 0 Å². The molecule has 0 radical (unpaired) electrons. The van der Waals surface area contributed by atoms with Crippen molar-refractivity contribution < 1.29 is 156 Å². The number of carboxylic acid groups (broad SMARTS) is 3. The Bertz CT molecular complexity index is 1690. The van der Waals surface area contributed by atoms with E-state index in [1.165, 1.54) is 0 Å². The van der Waals surface area contributed by atoms with E-state index < -0.39 is 195 Å². The summed E-state index contributed by atoms with van der Waals surface area (Å²) in [6.45, 7) is -2.26. The average molecular weight is 951 g/mol. The van der Waals surface area contributed by atoms with E-state index in [2.05, 4.69) is 4.18 Å². The van der Waals surface area contributed by atoms with Crippen LogP contribution in [0.5, 0.6) is 0 Å². The number of carboxylic acids is 3. The Hall–Kier alpha value is -2.60. The fourth-order valence-electron chi connectivity index (χ4n) is 7.16. The van der Waals surface area contributed by atoms with Crippen molar-refractivity contribution in [3.8, 4) is 0 Å². The van der Waals surface area contributed by atoms with Crippen molar-refractivity contribution in [2.75, 3.05) is 13.2 Å². The molecular formula is C30H46O32S. The number of aliphatic hydroxyl groups is 13. The summed E-state index contributed by atoms with van der Waals surface area (Å²) in [6, 6.07) is 0. The molecule has 5 rings (SSSR count). The van der Waals surface area contributed by atoms with Crippen LogP contribution in [0, 0.1) is 0 Å². The van der Waals surface area contributed by atoms with Gasteiger partial charge in [0.1, 0.15) is 97.7 Å². The van der Waals surface area contributed by atoms with Gasteiger partial charge in [0, 0.05) is 0 Å². The Balaban J connectivity index is 1.56. The zero-order valence-corrected chi connectivity index (χ0v) is 32.3. The summed E-state index contributed by atoms with van der Waals surface area (Å²) >= 11 is 0. The number of ether oxygens (including phenoxy) is 9. The zero-order valence-electron chi connectivity index (χ0n) is 31.5. The maximum Gasteiger partial charge on any atom is 0.397 e. The third kappa shape index (κ3) is 10.8. The van der Waals surface area contributed by atoms with E-state index in [0.717, 1.165) is 0 Å². The van der Waals surface area contributed by atoms with Crippen LogP contribution in [-0.4, -0.2) is 279 Å². The third-order valence-electron chi connectivity index (χ3n) is 10.4. The highest BCUT2D eigenvalue weighted by molar-refractivity contribution is 7.80. The molecule has 0 aliphatic carbocycles. The number of rotatable bonds is 15. The third-order valence-corrected chi connectivity index (χ3v) is 10.9. The van der Waals surface area contributed by atoms with Gasteiger partial charge < -0.3 is 124 Å². The normalized spacial score (nSPS) is 48.6. The monoisotopic (exact) mass is 950 g/mol. The Morgan fingerprint density at radius 3 is 1.35 bits per heavy atom. The average Bonchev–Trinajstić information content (AvgIpc) is 3.21. The molecule has 32 nitrogen and oxygen atoms in total. The van der Waals surface area contributed by atoms with Crippen molar-refractivity contribution in [3.05, 3.63) is 0 Å². The molecule has 0 saturated carbocycles. The molecular weight excluding hydrogens is 904 g/mol. The minimum atomic E-state index is -5.90. The molecule has 364 valence electrons. The predicted molar refractivity (Wildman–Crippen MR) is 179 cm³/mol. The van der Waals surface area contributed by atoms with Gasteiger partial charge >= 0.3 is 28.3 Å². The molecule has 17 N–H and O–H groups in total. The molecule has 33 heteroatoms. The first-order chi connectivity index (χ1) is 29.3. The van der Waals surface area contributed by atoms with E-state index in [1.54, 1.807) is 0 Å². The van der Waals surface area contributed by atoms with Crippen LogP contribution in [0.2, 0.25) is 0 Å². The summed E-state index contributed by atoms with van der Waals surface area (Å²) in [4.78, 5) is 37.0. The van der Waals surface area contributed by atoms with Crippen LogP contribution in [0.3, 0.4) is 0 Å². The molecule has 25 atom stereocenters. The molecule has 5 aliphatic rings. The highest BCUT2D eigenvalue weighted by Crippen LogP contribution is 2.38. The number of hydrogen-bond acceptors (Lipinski definition) is 28. The lowest BCUT2D eigenvalue weighted by Gasteiger charge is -2.50. The smallest absolute Gasteiger partial charge is 0.397 e. The summed E-state index contributed by atoms with van der Waals surface area (Å²) in [5, 5.41) is 165. The number of hydrogen-bond donors (Lipinski definition) is 17. The largest absolute Gasteiger partial charge is 0.479 e. The van der Waals surface area contributed by atoms with Gasteiger partial charge in [-0.3, -0.25) is 4.55 Å². The quantitative estimate of drug-likeness (QED) is 0.0678. The maximum absolute atomic E-state index is 12.8. The highest BCUT2D eigenvalue weighted by atomic mass is 32.3. The van der Waals surface area contributed by atoms with Crippen LogP contribution < -0.4 is 0 Å². The molecule has 5 saturated heterocycles. The number of aliphatic carboxylic acids is 3. The second-order valence-electron chi connectivity index (χ2n) is 14.6.